The first-order valence-corrected chi connectivity index (χ1v) is 8.84. The minimum Gasteiger partial charge on any atom is -0.383 e. The number of nitrogens with one attached hydrogen (secondary N) is 2. The first kappa shape index (κ1) is 19.0. The molecule has 4 N–H and O–H groups in total. The van der Waals surface area contributed by atoms with Gasteiger partial charge in [-0.05, 0) is 37.0 Å². The van der Waals surface area contributed by atoms with E-state index in [1.807, 2.05) is 43.1 Å². The van der Waals surface area contributed by atoms with Crippen molar-refractivity contribution in [2.45, 2.75) is 13.3 Å². The third kappa shape index (κ3) is 4.13. The third-order valence-electron chi connectivity index (χ3n) is 4.36. The number of aromatic amines is 1. The van der Waals surface area contributed by atoms with Crippen LogP contribution in [0.3, 0.4) is 0 Å². The third-order valence-corrected chi connectivity index (χ3v) is 4.36. The standard InChI is InChI=1S/C21H23N7/c1-5-6-11-28(4)15(3)25-17-9-7-14(2)16(12-17)8-10-18-19-20(22)23-13-24-21(19)27-26-18/h5,7,9,12-13,25H,1,3,6,11H2,2,4H3,(H3,22,23,24,26,27). The molecule has 0 bridgehead atoms. The molecule has 0 unspecified atom stereocenters. The van der Waals surface area contributed by atoms with Crippen LogP contribution in [0.5, 0.6) is 0 Å². The molecule has 1 aromatic carbocycles. The van der Waals surface area contributed by atoms with Gasteiger partial charge in [-0.15, -0.1) is 6.58 Å². The van der Waals surface area contributed by atoms with Crippen LogP contribution in [0.15, 0.2) is 49.6 Å². The van der Waals surface area contributed by atoms with E-state index >= 15 is 0 Å². The fourth-order valence-electron chi connectivity index (χ4n) is 2.62. The first-order chi connectivity index (χ1) is 13.5. The van der Waals surface area contributed by atoms with Crippen molar-refractivity contribution in [1.29, 1.82) is 0 Å². The molecule has 0 radical (unpaired) electrons. The van der Waals surface area contributed by atoms with E-state index in [4.69, 9.17) is 5.73 Å². The van der Waals surface area contributed by atoms with Crippen LogP contribution in [-0.4, -0.2) is 38.7 Å². The van der Waals surface area contributed by atoms with E-state index in [1.165, 1.54) is 6.33 Å². The van der Waals surface area contributed by atoms with E-state index in [9.17, 15) is 0 Å². The van der Waals surface area contributed by atoms with E-state index in [-0.39, 0.29) is 0 Å². The highest BCUT2D eigenvalue weighted by atomic mass is 15.2. The summed E-state index contributed by atoms with van der Waals surface area (Å²) < 4.78 is 0. The van der Waals surface area contributed by atoms with Crippen molar-refractivity contribution < 1.29 is 0 Å². The smallest absolute Gasteiger partial charge is 0.187 e. The molecular formula is C21H23N7. The van der Waals surface area contributed by atoms with Gasteiger partial charge in [-0.3, -0.25) is 5.10 Å². The maximum Gasteiger partial charge on any atom is 0.187 e. The van der Waals surface area contributed by atoms with Gasteiger partial charge in [0.2, 0.25) is 0 Å². The van der Waals surface area contributed by atoms with Crippen LogP contribution in [-0.2, 0) is 0 Å². The Hall–Kier alpha value is -3.79. The molecule has 0 saturated heterocycles. The van der Waals surface area contributed by atoms with E-state index in [0.717, 1.165) is 35.6 Å². The number of H-pyrrole nitrogens is 1. The van der Waals surface area contributed by atoms with Crippen molar-refractivity contribution in [3.05, 3.63) is 66.4 Å². The molecule has 2 heterocycles. The monoisotopic (exact) mass is 373 g/mol. The number of rotatable bonds is 6. The quantitative estimate of drug-likeness (QED) is 0.454. The summed E-state index contributed by atoms with van der Waals surface area (Å²) >= 11 is 0. The summed E-state index contributed by atoms with van der Waals surface area (Å²) in [6.45, 7) is 10.7. The number of fused-ring (bicyclic) bond motifs is 1. The van der Waals surface area contributed by atoms with Crippen molar-refractivity contribution in [2.24, 2.45) is 0 Å². The lowest BCUT2D eigenvalue weighted by Crippen LogP contribution is -2.22. The average molecular weight is 373 g/mol. The van der Waals surface area contributed by atoms with Gasteiger partial charge in [0.15, 0.2) is 5.65 Å². The molecule has 0 aliphatic carbocycles. The summed E-state index contributed by atoms with van der Waals surface area (Å²) in [6, 6.07) is 6.02. The number of hydrogen-bond donors (Lipinski definition) is 3. The van der Waals surface area contributed by atoms with Crippen LogP contribution in [0.1, 0.15) is 23.2 Å². The number of hydrogen-bond acceptors (Lipinski definition) is 6. The molecule has 0 fully saturated rings. The zero-order valence-corrected chi connectivity index (χ0v) is 16.1. The number of aromatic nitrogens is 4. The second-order valence-electron chi connectivity index (χ2n) is 6.41. The Balaban J connectivity index is 1.84. The van der Waals surface area contributed by atoms with Crippen LogP contribution >= 0.6 is 0 Å². The Bertz CT molecular complexity index is 1090. The largest absolute Gasteiger partial charge is 0.383 e. The van der Waals surface area contributed by atoms with Crippen molar-refractivity contribution in [3.63, 3.8) is 0 Å². The molecule has 0 aliphatic heterocycles. The summed E-state index contributed by atoms with van der Waals surface area (Å²) in [6.07, 6.45) is 4.17. The Morgan fingerprint density at radius 3 is 2.96 bits per heavy atom. The van der Waals surface area contributed by atoms with Crippen LogP contribution in [0.2, 0.25) is 0 Å². The SMILES string of the molecule is C=CCCN(C)C(=C)Nc1ccc(C)c(C#Cc2[nH]nc3ncnc(N)c23)c1. The summed E-state index contributed by atoms with van der Waals surface area (Å²) in [5.74, 6) is 7.45. The van der Waals surface area contributed by atoms with Crippen LogP contribution < -0.4 is 11.1 Å². The van der Waals surface area contributed by atoms with Gasteiger partial charge in [-0.2, -0.15) is 5.10 Å². The van der Waals surface area contributed by atoms with Crippen molar-refractivity contribution in [1.82, 2.24) is 25.1 Å². The molecule has 0 amide bonds. The fourth-order valence-corrected chi connectivity index (χ4v) is 2.62. The molecular weight excluding hydrogens is 350 g/mol. The maximum absolute atomic E-state index is 5.93. The molecule has 142 valence electrons. The number of nitrogens with two attached hydrogens (primary N) is 1. The van der Waals surface area contributed by atoms with E-state index in [2.05, 4.69) is 50.5 Å². The number of anilines is 2. The molecule has 28 heavy (non-hydrogen) atoms. The Morgan fingerprint density at radius 2 is 2.18 bits per heavy atom. The number of nitrogens with zero attached hydrogens (tertiary/aromatic N) is 4. The zero-order valence-electron chi connectivity index (χ0n) is 16.1. The Morgan fingerprint density at radius 1 is 1.36 bits per heavy atom. The normalized spacial score (nSPS) is 10.2. The lowest BCUT2D eigenvalue weighted by Gasteiger charge is -2.22. The summed E-state index contributed by atoms with van der Waals surface area (Å²) in [4.78, 5) is 10.1. The lowest BCUT2D eigenvalue weighted by molar-refractivity contribution is 0.432. The fraction of sp³-hybridized carbons (Fsp3) is 0.190. The van der Waals surface area contributed by atoms with Crippen molar-refractivity contribution >= 4 is 22.5 Å². The van der Waals surface area contributed by atoms with Gasteiger partial charge in [0.1, 0.15) is 17.8 Å². The van der Waals surface area contributed by atoms with Gasteiger partial charge in [-0.25, -0.2) is 9.97 Å². The molecule has 0 spiro atoms. The molecule has 7 nitrogen and oxygen atoms in total. The van der Waals surface area contributed by atoms with Crippen molar-refractivity contribution in [2.75, 3.05) is 24.6 Å². The number of nitrogen functional groups attached to an aromatic ring is 1. The van der Waals surface area contributed by atoms with Gasteiger partial charge in [0, 0.05) is 24.8 Å². The average Bonchev–Trinajstić information content (AvgIpc) is 3.11. The molecule has 0 aliphatic rings. The lowest BCUT2D eigenvalue weighted by atomic mass is 10.1. The summed E-state index contributed by atoms with van der Waals surface area (Å²) in [5.41, 5.74) is 9.91. The molecule has 3 rings (SSSR count). The zero-order chi connectivity index (χ0) is 20.1. The summed E-state index contributed by atoms with van der Waals surface area (Å²) in [5, 5.41) is 11.0. The highest BCUT2D eigenvalue weighted by Crippen LogP contribution is 2.19. The van der Waals surface area contributed by atoms with Gasteiger partial charge >= 0.3 is 0 Å². The van der Waals surface area contributed by atoms with E-state index in [1.54, 1.807) is 0 Å². The number of benzene rings is 1. The van der Waals surface area contributed by atoms with Crippen LogP contribution in [0, 0.1) is 18.8 Å². The van der Waals surface area contributed by atoms with Gasteiger partial charge in [0.25, 0.3) is 0 Å². The Kier molecular flexibility index (Phi) is 5.61. The number of aryl methyl sites for hydroxylation is 1. The minimum atomic E-state index is 0.356. The molecule has 3 aromatic rings. The second-order valence-corrected chi connectivity index (χ2v) is 6.41. The van der Waals surface area contributed by atoms with E-state index < -0.39 is 0 Å². The Labute approximate surface area is 164 Å². The van der Waals surface area contributed by atoms with E-state index in [0.29, 0.717) is 22.5 Å². The maximum atomic E-state index is 5.93. The molecule has 0 saturated carbocycles. The highest BCUT2D eigenvalue weighted by molar-refractivity contribution is 5.90. The molecule has 0 atom stereocenters. The van der Waals surface area contributed by atoms with Crippen LogP contribution in [0.4, 0.5) is 11.5 Å². The first-order valence-electron chi connectivity index (χ1n) is 8.84. The molecule has 7 heteroatoms. The van der Waals surface area contributed by atoms with Gasteiger partial charge in [-0.1, -0.05) is 24.6 Å². The topological polar surface area (TPSA) is 95.8 Å². The van der Waals surface area contributed by atoms with Gasteiger partial charge < -0.3 is 16.0 Å². The van der Waals surface area contributed by atoms with Crippen molar-refractivity contribution in [3.8, 4) is 11.8 Å². The predicted molar refractivity (Wildman–Crippen MR) is 113 cm³/mol. The van der Waals surface area contributed by atoms with Gasteiger partial charge in [0.05, 0.1) is 11.2 Å². The second kappa shape index (κ2) is 8.27. The predicted octanol–water partition coefficient (Wildman–Crippen LogP) is 3.03. The van der Waals surface area contributed by atoms with Crippen LogP contribution in [0.25, 0.3) is 11.0 Å². The highest BCUT2D eigenvalue weighted by Gasteiger charge is 2.09. The minimum absolute atomic E-state index is 0.356. The molecule has 2 aromatic heterocycles. The summed E-state index contributed by atoms with van der Waals surface area (Å²) in [7, 11) is 1.99.